The maximum atomic E-state index is 11.9. The number of amides is 1. The maximum absolute atomic E-state index is 11.9. The van der Waals surface area contributed by atoms with Crippen LogP contribution in [0.25, 0.3) is 10.9 Å². The average Bonchev–Trinajstić information content (AvgIpc) is 2.55. The summed E-state index contributed by atoms with van der Waals surface area (Å²) in [5, 5.41) is 15.3. The molecule has 3 rings (SSSR count). The van der Waals surface area contributed by atoms with Crippen molar-refractivity contribution in [2.24, 2.45) is 5.92 Å². The van der Waals surface area contributed by atoms with Gasteiger partial charge in [-0.05, 0) is 37.0 Å². The number of fused-ring (bicyclic) bond motifs is 1. The third-order valence-corrected chi connectivity index (χ3v) is 4.21. The van der Waals surface area contributed by atoms with E-state index in [2.05, 4.69) is 5.32 Å². The van der Waals surface area contributed by atoms with Crippen LogP contribution >= 0.6 is 0 Å². The summed E-state index contributed by atoms with van der Waals surface area (Å²) in [5.41, 5.74) is 0.486. The summed E-state index contributed by atoms with van der Waals surface area (Å²) in [6, 6.07) is 8.59. The molecule has 5 nitrogen and oxygen atoms in total. The first-order valence-electron chi connectivity index (χ1n) is 7.80. The van der Waals surface area contributed by atoms with E-state index in [0.29, 0.717) is 23.7 Å². The molecule has 0 aliphatic heterocycles. The van der Waals surface area contributed by atoms with Crippen LogP contribution in [0.5, 0.6) is 5.75 Å². The molecule has 1 saturated carbocycles. The molecule has 22 heavy (non-hydrogen) atoms. The van der Waals surface area contributed by atoms with Crippen molar-refractivity contribution in [1.82, 2.24) is 5.32 Å². The molecule has 1 aliphatic rings. The lowest BCUT2D eigenvalue weighted by molar-refractivity contribution is -0.577. The lowest BCUT2D eigenvalue weighted by Gasteiger charge is -2.21. The zero-order valence-corrected chi connectivity index (χ0v) is 12.5. The van der Waals surface area contributed by atoms with E-state index in [1.165, 1.54) is 38.3 Å². The monoisotopic (exact) mass is 300 g/mol. The number of aromatic nitrogens is 1. The van der Waals surface area contributed by atoms with Crippen LogP contribution in [0.15, 0.2) is 36.5 Å². The van der Waals surface area contributed by atoms with Gasteiger partial charge in [-0.25, -0.2) is 4.79 Å². The minimum absolute atomic E-state index is 0.379. The minimum Gasteiger partial charge on any atom is -0.618 e. The second-order valence-electron chi connectivity index (χ2n) is 5.83. The fourth-order valence-corrected chi connectivity index (χ4v) is 2.99. The molecule has 1 heterocycles. The van der Waals surface area contributed by atoms with E-state index >= 15 is 0 Å². The van der Waals surface area contributed by atoms with E-state index in [1.54, 1.807) is 24.3 Å². The lowest BCUT2D eigenvalue weighted by atomic mass is 9.89. The number of carbonyl (C=O) groups excluding carboxylic acids is 1. The molecular weight excluding hydrogens is 280 g/mol. The number of hydrogen-bond acceptors (Lipinski definition) is 3. The zero-order chi connectivity index (χ0) is 15.4. The molecule has 0 spiro atoms. The number of rotatable bonds is 3. The molecular formula is C17H20N2O3. The number of hydrogen-bond donors (Lipinski definition) is 1. The van der Waals surface area contributed by atoms with Gasteiger partial charge in [-0.1, -0.05) is 19.3 Å². The predicted molar refractivity (Wildman–Crippen MR) is 83.5 cm³/mol. The molecule has 1 amide bonds. The Balaban J connectivity index is 1.60. The Hall–Kier alpha value is -2.30. The number of pyridine rings is 1. The van der Waals surface area contributed by atoms with Crippen molar-refractivity contribution < 1.29 is 14.3 Å². The van der Waals surface area contributed by atoms with Crippen molar-refractivity contribution in [3.8, 4) is 5.75 Å². The highest BCUT2D eigenvalue weighted by Gasteiger charge is 2.15. The van der Waals surface area contributed by atoms with E-state index in [9.17, 15) is 10.0 Å². The van der Waals surface area contributed by atoms with Crippen molar-refractivity contribution in [3.05, 3.63) is 41.7 Å². The van der Waals surface area contributed by atoms with Crippen molar-refractivity contribution in [1.29, 1.82) is 0 Å². The summed E-state index contributed by atoms with van der Waals surface area (Å²) in [6.45, 7) is 0.661. The summed E-state index contributed by atoms with van der Waals surface area (Å²) < 4.78 is 6.03. The molecule has 1 aromatic heterocycles. The molecule has 1 fully saturated rings. The predicted octanol–water partition coefficient (Wildman–Crippen LogP) is 3.14. The molecule has 1 aromatic carbocycles. The van der Waals surface area contributed by atoms with Gasteiger partial charge in [-0.3, -0.25) is 0 Å². The van der Waals surface area contributed by atoms with Gasteiger partial charge in [0.05, 0.1) is 6.07 Å². The largest absolute Gasteiger partial charge is 0.618 e. The Labute approximate surface area is 129 Å². The molecule has 0 bridgehead atoms. The van der Waals surface area contributed by atoms with Gasteiger partial charge in [-0.15, -0.1) is 0 Å². The van der Waals surface area contributed by atoms with Crippen LogP contribution in [-0.2, 0) is 0 Å². The van der Waals surface area contributed by atoms with Gasteiger partial charge >= 0.3 is 6.09 Å². The van der Waals surface area contributed by atoms with Crippen LogP contribution in [0, 0.1) is 11.1 Å². The maximum Gasteiger partial charge on any atom is 0.412 e. The van der Waals surface area contributed by atoms with Crippen LogP contribution in [0.3, 0.4) is 0 Å². The quantitative estimate of drug-likeness (QED) is 0.699. The van der Waals surface area contributed by atoms with Gasteiger partial charge in [0, 0.05) is 18.0 Å². The topological polar surface area (TPSA) is 65.3 Å². The summed E-state index contributed by atoms with van der Waals surface area (Å²) in [6.07, 6.45) is 7.10. The van der Waals surface area contributed by atoms with E-state index < -0.39 is 6.09 Å². The number of nitrogens with one attached hydrogen (secondary N) is 1. The Morgan fingerprint density at radius 1 is 1.27 bits per heavy atom. The Kier molecular flexibility index (Phi) is 4.42. The van der Waals surface area contributed by atoms with Crippen LogP contribution < -0.4 is 14.8 Å². The SMILES string of the molecule is O=C(NCC1CCCCC1)Oc1ccc2ccc[n+]([O-])c2c1. The van der Waals surface area contributed by atoms with Crippen LogP contribution in [0.2, 0.25) is 0 Å². The standard InChI is InChI=1S/C17H20N2O3/c20-17(18-12-13-5-2-1-3-6-13)22-15-9-8-14-7-4-10-19(21)16(14)11-15/h4,7-11,13H,1-3,5-6,12H2,(H,18,20). The number of ether oxygens (including phenoxy) is 1. The van der Waals surface area contributed by atoms with Crippen molar-refractivity contribution in [3.63, 3.8) is 0 Å². The summed E-state index contributed by atoms with van der Waals surface area (Å²) in [5.74, 6) is 0.936. The first-order chi connectivity index (χ1) is 10.7. The molecule has 0 radical (unpaired) electrons. The van der Waals surface area contributed by atoms with E-state index in [0.717, 1.165) is 10.1 Å². The fraction of sp³-hybridized carbons (Fsp3) is 0.412. The normalized spacial score (nSPS) is 15.6. The van der Waals surface area contributed by atoms with Crippen LogP contribution in [-0.4, -0.2) is 12.6 Å². The van der Waals surface area contributed by atoms with E-state index in [1.807, 2.05) is 6.07 Å². The summed E-state index contributed by atoms with van der Waals surface area (Å²) >= 11 is 0. The Morgan fingerprint density at radius 3 is 2.91 bits per heavy atom. The highest BCUT2D eigenvalue weighted by atomic mass is 16.6. The second kappa shape index (κ2) is 6.64. The van der Waals surface area contributed by atoms with Gasteiger partial charge in [0.1, 0.15) is 5.75 Å². The third-order valence-electron chi connectivity index (χ3n) is 4.21. The van der Waals surface area contributed by atoms with Crippen LogP contribution in [0.4, 0.5) is 4.79 Å². The minimum atomic E-state index is -0.460. The zero-order valence-electron chi connectivity index (χ0n) is 12.5. The Morgan fingerprint density at radius 2 is 2.09 bits per heavy atom. The van der Waals surface area contributed by atoms with Crippen molar-refractivity contribution in [2.45, 2.75) is 32.1 Å². The van der Waals surface area contributed by atoms with E-state index in [4.69, 9.17) is 4.74 Å². The second-order valence-corrected chi connectivity index (χ2v) is 5.83. The molecule has 1 aliphatic carbocycles. The molecule has 0 saturated heterocycles. The highest BCUT2D eigenvalue weighted by molar-refractivity contribution is 5.78. The van der Waals surface area contributed by atoms with Crippen molar-refractivity contribution in [2.75, 3.05) is 6.54 Å². The highest BCUT2D eigenvalue weighted by Crippen LogP contribution is 2.23. The van der Waals surface area contributed by atoms with Gasteiger partial charge in [-0.2, -0.15) is 4.73 Å². The Bertz CT molecular complexity index is 666. The molecule has 1 N–H and O–H groups in total. The van der Waals surface area contributed by atoms with Crippen molar-refractivity contribution >= 4 is 17.0 Å². The summed E-state index contributed by atoms with van der Waals surface area (Å²) in [4.78, 5) is 11.9. The molecule has 5 heteroatoms. The van der Waals surface area contributed by atoms with Gasteiger partial charge in [0.2, 0.25) is 5.52 Å². The summed E-state index contributed by atoms with van der Waals surface area (Å²) in [7, 11) is 0. The molecule has 116 valence electrons. The number of carbonyl (C=O) groups is 1. The van der Waals surface area contributed by atoms with Crippen LogP contribution in [0.1, 0.15) is 32.1 Å². The number of benzene rings is 1. The van der Waals surface area contributed by atoms with Gasteiger partial charge in [0.15, 0.2) is 6.20 Å². The molecule has 0 atom stereocenters. The first kappa shape index (κ1) is 14.6. The number of nitrogens with zero attached hydrogens (tertiary/aromatic N) is 1. The third kappa shape index (κ3) is 3.47. The fourth-order valence-electron chi connectivity index (χ4n) is 2.99. The average molecular weight is 300 g/mol. The van der Waals surface area contributed by atoms with E-state index in [-0.39, 0.29) is 0 Å². The molecule has 0 unspecified atom stereocenters. The van der Waals surface area contributed by atoms with Gasteiger partial charge in [0.25, 0.3) is 0 Å². The lowest BCUT2D eigenvalue weighted by Crippen LogP contribution is -2.32. The smallest absolute Gasteiger partial charge is 0.412 e. The molecule has 2 aromatic rings. The first-order valence-corrected chi connectivity index (χ1v) is 7.80. The van der Waals surface area contributed by atoms with Gasteiger partial charge < -0.3 is 15.3 Å².